The third-order valence-corrected chi connectivity index (χ3v) is 5.18. The highest BCUT2D eigenvalue weighted by molar-refractivity contribution is 5.80. The Morgan fingerprint density at radius 2 is 2.12 bits per heavy atom. The number of aromatic nitrogens is 2. The second-order valence-corrected chi connectivity index (χ2v) is 6.66. The second kappa shape index (κ2) is 8.70. The van der Waals surface area contributed by atoms with Gasteiger partial charge in [-0.15, -0.1) is 0 Å². The molecule has 1 aliphatic heterocycles. The van der Waals surface area contributed by atoms with Gasteiger partial charge in [-0.05, 0) is 29.9 Å². The first-order valence-corrected chi connectivity index (χ1v) is 9.29. The standard InChI is InChI=1S/C20H29N5/c1-3-17-16-24(14-10-19(17)18-8-5-4-6-9-18)20(21-2)22-12-15-25-13-7-11-23-25/h4-9,11,13,17,19H,3,10,12,14-16H2,1-2H3,(H,21,22). The number of piperidine rings is 1. The summed E-state index contributed by atoms with van der Waals surface area (Å²) < 4.78 is 1.94. The van der Waals surface area contributed by atoms with Crippen molar-refractivity contribution in [3.63, 3.8) is 0 Å². The molecule has 1 aliphatic rings. The fourth-order valence-corrected chi connectivity index (χ4v) is 3.82. The van der Waals surface area contributed by atoms with E-state index in [4.69, 9.17) is 0 Å². The van der Waals surface area contributed by atoms with Crippen LogP contribution in [-0.2, 0) is 6.54 Å². The first-order chi connectivity index (χ1) is 12.3. The van der Waals surface area contributed by atoms with E-state index < -0.39 is 0 Å². The first-order valence-electron chi connectivity index (χ1n) is 9.29. The van der Waals surface area contributed by atoms with Crippen LogP contribution in [0, 0.1) is 5.92 Å². The summed E-state index contributed by atoms with van der Waals surface area (Å²) in [7, 11) is 1.88. The predicted molar refractivity (Wildman–Crippen MR) is 103 cm³/mol. The van der Waals surface area contributed by atoms with Crippen molar-refractivity contribution in [2.75, 3.05) is 26.7 Å². The van der Waals surface area contributed by atoms with Crippen molar-refractivity contribution in [1.82, 2.24) is 20.0 Å². The Morgan fingerprint density at radius 1 is 1.28 bits per heavy atom. The molecular formula is C20H29N5. The third kappa shape index (κ3) is 4.41. The fourth-order valence-electron chi connectivity index (χ4n) is 3.82. The molecule has 2 unspecified atom stereocenters. The number of hydrogen-bond acceptors (Lipinski definition) is 2. The molecule has 1 aromatic carbocycles. The van der Waals surface area contributed by atoms with Crippen LogP contribution < -0.4 is 5.32 Å². The maximum atomic E-state index is 4.50. The van der Waals surface area contributed by atoms with Crippen LogP contribution in [0.1, 0.15) is 31.2 Å². The Labute approximate surface area is 150 Å². The van der Waals surface area contributed by atoms with Crippen molar-refractivity contribution in [1.29, 1.82) is 0 Å². The van der Waals surface area contributed by atoms with E-state index in [2.05, 4.69) is 57.6 Å². The Balaban J connectivity index is 1.57. The molecule has 25 heavy (non-hydrogen) atoms. The largest absolute Gasteiger partial charge is 0.354 e. The zero-order valence-corrected chi connectivity index (χ0v) is 15.3. The van der Waals surface area contributed by atoms with Crippen LogP contribution in [0.25, 0.3) is 0 Å². The molecule has 0 radical (unpaired) electrons. The molecule has 1 saturated heterocycles. The lowest BCUT2D eigenvalue weighted by Gasteiger charge is -2.40. The van der Waals surface area contributed by atoms with Gasteiger partial charge < -0.3 is 10.2 Å². The van der Waals surface area contributed by atoms with Gasteiger partial charge in [0.1, 0.15) is 0 Å². The minimum atomic E-state index is 0.657. The monoisotopic (exact) mass is 339 g/mol. The number of benzene rings is 1. The summed E-state index contributed by atoms with van der Waals surface area (Å²) in [6, 6.07) is 12.9. The Hall–Kier alpha value is -2.30. The average molecular weight is 339 g/mol. The molecular weight excluding hydrogens is 310 g/mol. The van der Waals surface area contributed by atoms with E-state index in [0.717, 1.165) is 32.1 Å². The minimum Gasteiger partial charge on any atom is -0.354 e. The summed E-state index contributed by atoms with van der Waals surface area (Å²) in [5.41, 5.74) is 1.48. The Morgan fingerprint density at radius 3 is 2.80 bits per heavy atom. The molecule has 0 aliphatic carbocycles. The van der Waals surface area contributed by atoms with Gasteiger partial charge in [-0.1, -0.05) is 43.7 Å². The minimum absolute atomic E-state index is 0.657. The van der Waals surface area contributed by atoms with Gasteiger partial charge >= 0.3 is 0 Å². The smallest absolute Gasteiger partial charge is 0.193 e. The predicted octanol–water partition coefficient (Wildman–Crippen LogP) is 2.97. The number of rotatable bonds is 5. The van der Waals surface area contributed by atoms with Crippen LogP contribution in [0.2, 0.25) is 0 Å². The van der Waals surface area contributed by atoms with E-state index in [1.165, 1.54) is 18.4 Å². The summed E-state index contributed by atoms with van der Waals surface area (Å²) in [5.74, 6) is 2.34. The summed E-state index contributed by atoms with van der Waals surface area (Å²) in [4.78, 5) is 6.91. The van der Waals surface area contributed by atoms with Crippen LogP contribution in [0.3, 0.4) is 0 Å². The average Bonchev–Trinajstić information content (AvgIpc) is 3.19. The van der Waals surface area contributed by atoms with Crippen LogP contribution in [-0.4, -0.2) is 47.3 Å². The summed E-state index contributed by atoms with van der Waals surface area (Å²) in [6.07, 6.45) is 6.18. The van der Waals surface area contributed by atoms with E-state index >= 15 is 0 Å². The molecule has 2 atom stereocenters. The molecule has 5 heteroatoms. The van der Waals surface area contributed by atoms with E-state index in [9.17, 15) is 0 Å². The Kier molecular flexibility index (Phi) is 6.09. The zero-order chi connectivity index (χ0) is 17.5. The van der Waals surface area contributed by atoms with Gasteiger partial charge in [0, 0.05) is 39.1 Å². The number of hydrogen-bond donors (Lipinski definition) is 1. The third-order valence-electron chi connectivity index (χ3n) is 5.18. The van der Waals surface area contributed by atoms with Crippen molar-refractivity contribution in [3.8, 4) is 0 Å². The molecule has 1 fully saturated rings. The normalized spacial score (nSPS) is 21.4. The van der Waals surface area contributed by atoms with Crippen molar-refractivity contribution >= 4 is 5.96 Å². The molecule has 2 aromatic rings. The van der Waals surface area contributed by atoms with Gasteiger partial charge in [0.05, 0.1) is 6.54 Å². The van der Waals surface area contributed by atoms with Gasteiger partial charge in [-0.2, -0.15) is 5.10 Å². The molecule has 3 rings (SSSR count). The summed E-state index contributed by atoms with van der Waals surface area (Å²) >= 11 is 0. The second-order valence-electron chi connectivity index (χ2n) is 6.66. The van der Waals surface area contributed by atoms with Crippen molar-refractivity contribution in [2.45, 2.75) is 32.2 Å². The number of guanidine groups is 1. The molecule has 1 aromatic heterocycles. The van der Waals surface area contributed by atoms with Gasteiger partial charge in [0.25, 0.3) is 0 Å². The topological polar surface area (TPSA) is 45.5 Å². The van der Waals surface area contributed by atoms with Gasteiger partial charge in [0.15, 0.2) is 5.96 Å². The Bertz CT molecular complexity index is 650. The first kappa shape index (κ1) is 17.5. The van der Waals surface area contributed by atoms with Crippen molar-refractivity contribution < 1.29 is 0 Å². The molecule has 5 nitrogen and oxygen atoms in total. The van der Waals surface area contributed by atoms with E-state index in [0.29, 0.717) is 11.8 Å². The van der Waals surface area contributed by atoms with E-state index in [1.54, 1.807) is 0 Å². The van der Waals surface area contributed by atoms with Gasteiger partial charge in [-0.25, -0.2) is 0 Å². The molecule has 0 saturated carbocycles. The van der Waals surface area contributed by atoms with Crippen LogP contribution in [0.4, 0.5) is 0 Å². The van der Waals surface area contributed by atoms with Crippen LogP contribution in [0.5, 0.6) is 0 Å². The number of nitrogens with one attached hydrogen (secondary N) is 1. The molecule has 0 amide bonds. The van der Waals surface area contributed by atoms with Crippen LogP contribution >= 0.6 is 0 Å². The van der Waals surface area contributed by atoms with E-state index in [-0.39, 0.29) is 0 Å². The van der Waals surface area contributed by atoms with Gasteiger partial charge in [-0.3, -0.25) is 9.67 Å². The van der Waals surface area contributed by atoms with Crippen molar-refractivity contribution in [2.24, 2.45) is 10.9 Å². The maximum Gasteiger partial charge on any atom is 0.193 e. The molecule has 1 N–H and O–H groups in total. The quantitative estimate of drug-likeness (QED) is 0.673. The fraction of sp³-hybridized carbons (Fsp3) is 0.500. The molecule has 2 heterocycles. The lowest BCUT2D eigenvalue weighted by Crippen LogP contribution is -2.49. The highest BCUT2D eigenvalue weighted by Crippen LogP contribution is 2.34. The zero-order valence-electron chi connectivity index (χ0n) is 15.3. The van der Waals surface area contributed by atoms with Crippen LogP contribution in [0.15, 0.2) is 53.8 Å². The maximum absolute atomic E-state index is 4.50. The highest BCUT2D eigenvalue weighted by Gasteiger charge is 2.30. The molecule has 0 spiro atoms. The SMILES string of the molecule is CCC1CN(C(=NC)NCCn2cccn2)CCC1c1ccccc1. The summed E-state index contributed by atoms with van der Waals surface area (Å²) in [6.45, 7) is 6.11. The molecule has 0 bridgehead atoms. The van der Waals surface area contributed by atoms with Crippen molar-refractivity contribution in [3.05, 3.63) is 54.4 Å². The van der Waals surface area contributed by atoms with Gasteiger partial charge in [0.2, 0.25) is 0 Å². The van der Waals surface area contributed by atoms with E-state index in [1.807, 2.05) is 30.2 Å². The molecule has 134 valence electrons. The highest BCUT2D eigenvalue weighted by atomic mass is 15.3. The number of nitrogens with zero attached hydrogens (tertiary/aromatic N) is 4. The lowest BCUT2D eigenvalue weighted by molar-refractivity contribution is 0.215. The lowest BCUT2D eigenvalue weighted by atomic mass is 9.79. The number of likely N-dealkylation sites (tertiary alicyclic amines) is 1. The number of aliphatic imine (C=N–C) groups is 1. The summed E-state index contributed by atoms with van der Waals surface area (Å²) in [5, 5.41) is 7.74.